The summed E-state index contributed by atoms with van der Waals surface area (Å²) in [5, 5.41) is 9.42. The summed E-state index contributed by atoms with van der Waals surface area (Å²) in [5.74, 6) is 0.730. The number of hydrogen-bond donors (Lipinski definition) is 1. The first-order chi connectivity index (χ1) is 11.2. The molecule has 2 fully saturated rings. The van der Waals surface area contributed by atoms with Crippen LogP contribution in [0.1, 0.15) is 30.4 Å². The van der Waals surface area contributed by atoms with Crippen LogP contribution in [0.4, 0.5) is 0 Å². The number of amides is 1. The summed E-state index contributed by atoms with van der Waals surface area (Å²) in [6, 6.07) is 11.0. The Morgan fingerprint density at radius 1 is 1.17 bits per heavy atom. The maximum Gasteiger partial charge on any atom is 0.226 e. The number of aromatic hydroxyl groups is 1. The Balaban J connectivity index is 1.52. The van der Waals surface area contributed by atoms with Crippen molar-refractivity contribution in [2.75, 3.05) is 0 Å². The highest BCUT2D eigenvalue weighted by Gasteiger charge is 2.66. The zero-order valence-corrected chi connectivity index (χ0v) is 13.0. The zero-order valence-electron chi connectivity index (χ0n) is 13.0. The van der Waals surface area contributed by atoms with Gasteiger partial charge in [-0.1, -0.05) is 18.2 Å². The maximum atomic E-state index is 12.9. The summed E-state index contributed by atoms with van der Waals surface area (Å²) in [7, 11) is 0. The molecule has 2 aromatic rings. The number of phenolic OH excluding ortho intramolecular Hbond substituents is 1. The van der Waals surface area contributed by atoms with Crippen molar-refractivity contribution in [1.29, 1.82) is 0 Å². The second-order valence-electron chi connectivity index (χ2n) is 6.84. The smallest absolute Gasteiger partial charge is 0.226 e. The van der Waals surface area contributed by atoms with Crippen molar-refractivity contribution in [3.8, 4) is 5.75 Å². The number of nitrogens with zero attached hydrogens (tertiary/aromatic N) is 2. The summed E-state index contributed by atoms with van der Waals surface area (Å²) in [6.45, 7) is 1.15. The van der Waals surface area contributed by atoms with Crippen LogP contribution in [0.15, 0.2) is 48.8 Å². The van der Waals surface area contributed by atoms with E-state index in [1.807, 2.05) is 35.4 Å². The molecule has 4 rings (SSSR count). The Kier molecular flexibility index (Phi) is 3.33. The fourth-order valence-electron chi connectivity index (χ4n) is 3.38. The van der Waals surface area contributed by atoms with E-state index in [9.17, 15) is 9.90 Å². The second kappa shape index (κ2) is 5.37. The molecule has 1 N–H and O–H groups in total. The molecule has 1 amide bonds. The minimum absolute atomic E-state index is 0.219. The van der Waals surface area contributed by atoms with Gasteiger partial charge in [0.15, 0.2) is 0 Å². The standard InChI is InChI=1S/C19H20N2O2/c22-16-5-3-14(4-6-16)12-21(13-15-2-1-9-20-11-15)18(23)17-10-19(17)7-8-19/h1-6,9,11,17,22H,7-8,10,12-13H2. The number of rotatable bonds is 5. The first-order valence-electron chi connectivity index (χ1n) is 8.12. The maximum absolute atomic E-state index is 12.9. The van der Waals surface area contributed by atoms with Crippen LogP contribution >= 0.6 is 0 Å². The molecule has 0 saturated heterocycles. The number of aromatic nitrogens is 1. The average Bonchev–Trinajstić information content (AvgIpc) is 3.49. The molecule has 0 radical (unpaired) electrons. The summed E-state index contributed by atoms with van der Waals surface area (Å²) >= 11 is 0. The van der Waals surface area contributed by atoms with E-state index in [1.54, 1.807) is 18.3 Å². The van der Waals surface area contributed by atoms with Gasteiger partial charge >= 0.3 is 0 Å². The van der Waals surface area contributed by atoms with Gasteiger partial charge in [-0.2, -0.15) is 0 Å². The number of pyridine rings is 1. The number of carbonyl (C=O) groups excluding carboxylic acids is 1. The van der Waals surface area contributed by atoms with Gasteiger partial charge in [0.25, 0.3) is 0 Å². The third-order valence-electron chi connectivity index (χ3n) is 5.10. The van der Waals surface area contributed by atoms with Gasteiger partial charge in [-0.05, 0) is 54.0 Å². The fourth-order valence-corrected chi connectivity index (χ4v) is 3.38. The van der Waals surface area contributed by atoms with Crippen LogP contribution < -0.4 is 0 Å². The number of phenols is 1. The fraction of sp³-hybridized carbons (Fsp3) is 0.368. The Morgan fingerprint density at radius 2 is 1.91 bits per heavy atom. The third-order valence-corrected chi connectivity index (χ3v) is 5.10. The lowest BCUT2D eigenvalue weighted by molar-refractivity contribution is -0.134. The largest absolute Gasteiger partial charge is 0.508 e. The highest BCUT2D eigenvalue weighted by atomic mass is 16.3. The monoisotopic (exact) mass is 308 g/mol. The highest BCUT2D eigenvalue weighted by Crippen LogP contribution is 2.71. The van der Waals surface area contributed by atoms with Gasteiger partial charge in [0.2, 0.25) is 5.91 Å². The predicted molar refractivity (Wildman–Crippen MR) is 86.4 cm³/mol. The van der Waals surface area contributed by atoms with E-state index in [-0.39, 0.29) is 17.6 Å². The van der Waals surface area contributed by atoms with Crippen LogP contribution in [0.2, 0.25) is 0 Å². The first-order valence-corrected chi connectivity index (χ1v) is 8.12. The van der Waals surface area contributed by atoms with Crippen molar-refractivity contribution < 1.29 is 9.90 Å². The molecule has 1 spiro atoms. The molecule has 2 aliphatic rings. The minimum Gasteiger partial charge on any atom is -0.508 e. The molecule has 2 aliphatic carbocycles. The molecule has 1 heterocycles. The topological polar surface area (TPSA) is 53.4 Å². The van der Waals surface area contributed by atoms with Crippen molar-refractivity contribution in [3.63, 3.8) is 0 Å². The van der Waals surface area contributed by atoms with Gasteiger partial charge in [-0.25, -0.2) is 0 Å². The van der Waals surface area contributed by atoms with Crippen molar-refractivity contribution in [3.05, 3.63) is 59.9 Å². The molecule has 4 nitrogen and oxygen atoms in total. The van der Waals surface area contributed by atoms with E-state index in [4.69, 9.17) is 0 Å². The first kappa shape index (κ1) is 14.2. The second-order valence-corrected chi connectivity index (χ2v) is 6.84. The lowest BCUT2D eigenvalue weighted by atomic mass is 10.1. The van der Waals surface area contributed by atoms with Crippen LogP contribution in [0.5, 0.6) is 5.75 Å². The minimum atomic E-state index is 0.219. The van der Waals surface area contributed by atoms with E-state index >= 15 is 0 Å². The van der Waals surface area contributed by atoms with Crippen LogP contribution in [0.25, 0.3) is 0 Å². The normalized spacial score (nSPS) is 20.3. The van der Waals surface area contributed by atoms with Gasteiger partial charge < -0.3 is 10.0 Å². The Bertz CT molecular complexity index is 708. The molecular weight excluding hydrogens is 288 g/mol. The van der Waals surface area contributed by atoms with Crippen LogP contribution in [-0.4, -0.2) is 20.9 Å². The molecule has 1 aromatic heterocycles. The van der Waals surface area contributed by atoms with Crippen molar-refractivity contribution >= 4 is 5.91 Å². The molecular formula is C19H20N2O2. The van der Waals surface area contributed by atoms with Crippen molar-refractivity contribution in [1.82, 2.24) is 9.88 Å². The SMILES string of the molecule is O=C(C1CC12CC2)N(Cc1ccc(O)cc1)Cc1cccnc1. The summed E-state index contributed by atoms with van der Waals surface area (Å²) in [5.41, 5.74) is 2.44. The summed E-state index contributed by atoms with van der Waals surface area (Å²) in [6.07, 6.45) is 7.05. The van der Waals surface area contributed by atoms with Gasteiger partial charge in [0.05, 0.1) is 0 Å². The van der Waals surface area contributed by atoms with E-state index in [1.165, 1.54) is 12.8 Å². The van der Waals surface area contributed by atoms with E-state index in [2.05, 4.69) is 4.98 Å². The number of benzene rings is 1. The predicted octanol–water partition coefficient (Wildman–Crippen LogP) is 3.12. The molecule has 0 aliphatic heterocycles. The van der Waals surface area contributed by atoms with Gasteiger partial charge in [0, 0.05) is 31.4 Å². The highest BCUT2D eigenvalue weighted by molar-refractivity contribution is 5.83. The van der Waals surface area contributed by atoms with Gasteiger partial charge in [-0.3, -0.25) is 9.78 Å². The molecule has 1 aromatic carbocycles. The van der Waals surface area contributed by atoms with Crippen LogP contribution in [0, 0.1) is 11.3 Å². The van der Waals surface area contributed by atoms with Crippen molar-refractivity contribution in [2.45, 2.75) is 32.4 Å². The lowest BCUT2D eigenvalue weighted by Gasteiger charge is -2.23. The molecule has 1 atom stereocenters. The molecule has 118 valence electrons. The van der Waals surface area contributed by atoms with E-state index < -0.39 is 0 Å². The molecule has 0 bridgehead atoms. The van der Waals surface area contributed by atoms with Crippen molar-refractivity contribution in [2.24, 2.45) is 11.3 Å². The average molecular weight is 308 g/mol. The lowest BCUT2D eigenvalue weighted by Crippen LogP contribution is -2.32. The van der Waals surface area contributed by atoms with Crippen LogP contribution in [-0.2, 0) is 17.9 Å². The molecule has 23 heavy (non-hydrogen) atoms. The molecule has 4 heteroatoms. The van der Waals surface area contributed by atoms with Gasteiger partial charge in [0.1, 0.15) is 5.75 Å². The summed E-state index contributed by atoms with van der Waals surface area (Å²) in [4.78, 5) is 19.0. The zero-order chi connectivity index (χ0) is 15.9. The molecule has 2 saturated carbocycles. The third kappa shape index (κ3) is 2.93. The van der Waals surface area contributed by atoms with Gasteiger partial charge in [-0.15, -0.1) is 0 Å². The number of carbonyl (C=O) groups is 1. The summed E-state index contributed by atoms with van der Waals surface area (Å²) < 4.78 is 0. The Morgan fingerprint density at radius 3 is 2.52 bits per heavy atom. The van der Waals surface area contributed by atoms with Crippen LogP contribution in [0.3, 0.4) is 0 Å². The van der Waals surface area contributed by atoms with E-state index in [0.29, 0.717) is 18.5 Å². The Hall–Kier alpha value is -2.36. The quantitative estimate of drug-likeness (QED) is 0.923. The molecule has 1 unspecified atom stereocenters. The number of hydrogen-bond acceptors (Lipinski definition) is 3. The van der Waals surface area contributed by atoms with E-state index in [0.717, 1.165) is 17.5 Å². The Labute approximate surface area is 135 Å².